The van der Waals surface area contributed by atoms with Crippen LogP contribution in [0.4, 0.5) is 0 Å². The van der Waals surface area contributed by atoms with Gasteiger partial charge in [-0.3, -0.25) is 0 Å². The molecule has 1 aliphatic heterocycles. The number of hydrogen-bond acceptors (Lipinski definition) is 1. The average molecular weight is 151 g/mol. The van der Waals surface area contributed by atoms with Gasteiger partial charge in [0, 0.05) is 36.9 Å². The van der Waals surface area contributed by atoms with E-state index in [1.54, 1.807) is 0 Å². The monoisotopic (exact) mass is 151 g/mol. The smallest absolute Gasteiger partial charge is 0.0482 e. The van der Waals surface area contributed by atoms with Crippen molar-refractivity contribution in [1.82, 2.24) is 4.57 Å². The first kappa shape index (κ1) is 6.92. The van der Waals surface area contributed by atoms with Crippen LogP contribution in [0.25, 0.3) is 0 Å². The first-order valence-electron chi connectivity index (χ1n) is 4.09. The van der Waals surface area contributed by atoms with Gasteiger partial charge in [-0.15, -0.1) is 0 Å². The third-order valence-electron chi connectivity index (χ3n) is 2.70. The molecule has 0 unspecified atom stereocenters. The number of aliphatic hydroxyl groups excluding tert-OH is 1. The molecule has 2 nitrogen and oxygen atoms in total. The molecule has 0 aromatic carbocycles. The molecule has 1 aliphatic rings. The predicted molar refractivity (Wildman–Crippen MR) is 43.4 cm³/mol. The standard InChI is InChI=1S/C9H13NO/c1-7-8(6-11)5-10-4-2-3-9(7)10/h2-4,7-8,11H,5-6H2,1H3/t7-,8-/m0/s1. The lowest BCUT2D eigenvalue weighted by molar-refractivity contribution is 0.210. The zero-order chi connectivity index (χ0) is 7.84. The van der Waals surface area contributed by atoms with Gasteiger partial charge in [-0.05, 0) is 12.1 Å². The Balaban J connectivity index is 2.30. The fourth-order valence-electron chi connectivity index (χ4n) is 1.88. The molecule has 0 spiro atoms. The molecule has 0 aliphatic carbocycles. The molecule has 2 heterocycles. The summed E-state index contributed by atoms with van der Waals surface area (Å²) in [5.41, 5.74) is 1.36. The van der Waals surface area contributed by atoms with Crippen LogP contribution in [0.5, 0.6) is 0 Å². The summed E-state index contributed by atoms with van der Waals surface area (Å²) < 4.78 is 2.23. The van der Waals surface area contributed by atoms with E-state index in [4.69, 9.17) is 5.11 Å². The summed E-state index contributed by atoms with van der Waals surface area (Å²) in [5, 5.41) is 9.01. The molecular formula is C9H13NO. The fourth-order valence-corrected chi connectivity index (χ4v) is 1.88. The highest BCUT2D eigenvalue weighted by atomic mass is 16.3. The Bertz CT molecular complexity index is 254. The lowest BCUT2D eigenvalue weighted by Crippen LogP contribution is -2.10. The topological polar surface area (TPSA) is 25.2 Å². The highest BCUT2D eigenvalue weighted by Gasteiger charge is 2.27. The zero-order valence-electron chi connectivity index (χ0n) is 6.70. The lowest BCUT2D eigenvalue weighted by atomic mass is 9.96. The highest BCUT2D eigenvalue weighted by Crippen LogP contribution is 2.32. The van der Waals surface area contributed by atoms with Crippen LogP contribution in [-0.4, -0.2) is 16.3 Å². The molecule has 2 heteroatoms. The first-order chi connectivity index (χ1) is 5.33. The van der Waals surface area contributed by atoms with Crippen LogP contribution in [0.3, 0.4) is 0 Å². The van der Waals surface area contributed by atoms with Gasteiger partial charge >= 0.3 is 0 Å². The summed E-state index contributed by atoms with van der Waals surface area (Å²) in [5.74, 6) is 0.959. The Morgan fingerprint density at radius 1 is 1.73 bits per heavy atom. The maximum Gasteiger partial charge on any atom is 0.0482 e. The normalized spacial score (nSPS) is 28.9. The predicted octanol–water partition coefficient (Wildman–Crippen LogP) is 1.21. The van der Waals surface area contributed by atoms with Gasteiger partial charge in [0.2, 0.25) is 0 Å². The molecule has 11 heavy (non-hydrogen) atoms. The van der Waals surface area contributed by atoms with Crippen molar-refractivity contribution in [2.45, 2.75) is 19.4 Å². The first-order valence-corrected chi connectivity index (χ1v) is 4.09. The van der Waals surface area contributed by atoms with E-state index in [1.165, 1.54) is 5.69 Å². The molecule has 60 valence electrons. The van der Waals surface area contributed by atoms with Gasteiger partial charge in [-0.1, -0.05) is 6.92 Å². The van der Waals surface area contributed by atoms with Crippen LogP contribution in [0.1, 0.15) is 18.5 Å². The second kappa shape index (κ2) is 2.38. The fraction of sp³-hybridized carbons (Fsp3) is 0.556. The maximum atomic E-state index is 9.01. The van der Waals surface area contributed by atoms with Crippen LogP contribution in [-0.2, 0) is 6.54 Å². The molecule has 2 rings (SSSR count). The number of hydrogen-bond donors (Lipinski definition) is 1. The van der Waals surface area contributed by atoms with Crippen molar-refractivity contribution >= 4 is 0 Å². The summed E-state index contributed by atoms with van der Waals surface area (Å²) in [6.07, 6.45) is 2.08. The van der Waals surface area contributed by atoms with Crippen molar-refractivity contribution in [3.63, 3.8) is 0 Å². The number of aliphatic hydroxyl groups is 1. The van der Waals surface area contributed by atoms with Crippen LogP contribution >= 0.6 is 0 Å². The largest absolute Gasteiger partial charge is 0.396 e. The molecule has 0 fully saturated rings. The molecule has 1 N–H and O–H groups in total. The second-order valence-electron chi connectivity index (χ2n) is 3.32. The van der Waals surface area contributed by atoms with E-state index in [9.17, 15) is 0 Å². The summed E-state index contributed by atoms with van der Waals surface area (Å²) in [6.45, 7) is 3.47. The van der Waals surface area contributed by atoms with Gasteiger partial charge in [0.15, 0.2) is 0 Å². The molecule has 0 saturated heterocycles. The summed E-state index contributed by atoms with van der Waals surface area (Å²) in [6, 6.07) is 4.21. The zero-order valence-corrected chi connectivity index (χ0v) is 6.70. The Morgan fingerprint density at radius 3 is 3.18 bits per heavy atom. The minimum Gasteiger partial charge on any atom is -0.396 e. The van der Waals surface area contributed by atoms with Gasteiger partial charge in [0.1, 0.15) is 0 Å². The highest BCUT2D eigenvalue weighted by molar-refractivity contribution is 5.17. The van der Waals surface area contributed by atoms with Crippen molar-refractivity contribution in [3.05, 3.63) is 24.0 Å². The molecule has 0 radical (unpaired) electrons. The second-order valence-corrected chi connectivity index (χ2v) is 3.32. The van der Waals surface area contributed by atoms with E-state index >= 15 is 0 Å². The minimum absolute atomic E-state index is 0.308. The average Bonchev–Trinajstić information content (AvgIpc) is 2.53. The minimum atomic E-state index is 0.308. The van der Waals surface area contributed by atoms with Gasteiger partial charge in [0.25, 0.3) is 0 Å². The number of nitrogens with zero attached hydrogens (tertiary/aromatic N) is 1. The third kappa shape index (κ3) is 0.897. The summed E-state index contributed by atoms with van der Waals surface area (Å²) >= 11 is 0. The van der Waals surface area contributed by atoms with E-state index in [0.717, 1.165) is 6.54 Å². The Kier molecular flexibility index (Phi) is 1.50. The number of rotatable bonds is 1. The van der Waals surface area contributed by atoms with Gasteiger partial charge in [0.05, 0.1) is 0 Å². The third-order valence-corrected chi connectivity index (χ3v) is 2.70. The van der Waals surface area contributed by atoms with Crippen LogP contribution in [0.2, 0.25) is 0 Å². The van der Waals surface area contributed by atoms with Crippen molar-refractivity contribution < 1.29 is 5.11 Å². The van der Waals surface area contributed by atoms with Gasteiger partial charge < -0.3 is 9.67 Å². The van der Waals surface area contributed by atoms with Crippen molar-refractivity contribution in [1.29, 1.82) is 0 Å². The Labute approximate surface area is 66.5 Å². The molecule has 0 saturated carbocycles. The van der Waals surface area contributed by atoms with E-state index in [0.29, 0.717) is 18.4 Å². The van der Waals surface area contributed by atoms with Gasteiger partial charge in [-0.25, -0.2) is 0 Å². The molecular weight excluding hydrogens is 138 g/mol. The number of aromatic nitrogens is 1. The van der Waals surface area contributed by atoms with Crippen LogP contribution < -0.4 is 0 Å². The Hall–Kier alpha value is -0.760. The van der Waals surface area contributed by atoms with Crippen LogP contribution in [0.15, 0.2) is 18.3 Å². The van der Waals surface area contributed by atoms with Crippen molar-refractivity contribution in [2.24, 2.45) is 5.92 Å². The van der Waals surface area contributed by atoms with Crippen LogP contribution in [0, 0.1) is 5.92 Å². The SMILES string of the molecule is C[C@@H]1c2cccn2C[C@H]1CO. The van der Waals surface area contributed by atoms with E-state index in [1.807, 2.05) is 0 Å². The summed E-state index contributed by atoms with van der Waals surface area (Å²) in [7, 11) is 0. The van der Waals surface area contributed by atoms with E-state index in [-0.39, 0.29) is 0 Å². The summed E-state index contributed by atoms with van der Waals surface area (Å²) in [4.78, 5) is 0. The number of fused-ring (bicyclic) bond motifs is 1. The maximum absolute atomic E-state index is 9.01. The molecule has 2 atom stereocenters. The lowest BCUT2D eigenvalue weighted by Gasteiger charge is -2.09. The quantitative estimate of drug-likeness (QED) is 0.641. The Morgan fingerprint density at radius 2 is 2.55 bits per heavy atom. The van der Waals surface area contributed by atoms with E-state index < -0.39 is 0 Å². The molecule has 1 aromatic heterocycles. The van der Waals surface area contributed by atoms with Crippen molar-refractivity contribution in [2.75, 3.05) is 6.61 Å². The molecule has 0 amide bonds. The van der Waals surface area contributed by atoms with Crippen molar-refractivity contribution in [3.8, 4) is 0 Å². The van der Waals surface area contributed by atoms with Gasteiger partial charge in [-0.2, -0.15) is 0 Å². The molecule has 1 aromatic rings. The van der Waals surface area contributed by atoms with E-state index in [2.05, 4.69) is 29.8 Å². The molecule has 0 bridgehead atoms.